The molecule has 0 spiro atoms. The van der Waals surface area contributed by atoms with Crippen LogP contribution in [0.25, 0.3) is 6.08 Å². The Morgan fingerprint density at radius 1 is 0.935 bits per heavy atom. The molecule has 0 radical (unpaired) electrons. The van der Waals surface area contributed by atoms with Crippen LogP contribution in [0.1, 0.15) is 21.5 Å². The van der Waals surface area contributed by atoms with Crippen LogP contribution in [0, 0.1) is 0 Å². The zero-order chi connectivity index (χ0) is 22.4. The van der Waals surface area contributed by atoms with E-state index in [1.165, 1.54) is 31.4 Å². The largest absolute Gasteiger partial charge is 0.504 e. The number of allylic oxidation sites excluding steroid dienone is 1. The number of phenols is 1. The van der Waals surface area contributed by atoms with Crippen molar-refractivity contribution in [3.8, 4) is 23.0 Å². The van der Waals surface area contributed by atoms with Gasteiger partial charge in [0.2, 0.25) is 0 Å². The normalized spacial score (nSPS) is 10.8. The molecule has 3 rings (SSSR count). The van der Waals surface area contributed by atoms with E-state index in [4.69, 9.17) is 37.4 Å². The lowest BCUT2D eigenvalue weighted by Crippen LogP contribution is -2.00. The first-order valence-electron chi connectivity index (χ1n) is 9.25. The number of ketones is 1. The van der Waals surface area contributed by atoms with E-state index in [-0.39, 0.29) is 23.9 Å². The van der Waals surface area contributed by atoms with Gasteiger partial charge in [0, 0.05) is 16.1 Å². The number of halogens is 2. The third kappa shape index (κ3) is 5.72. The van der Waals surface area contributed by atoms with E-state index in [1.54, 1.807) is 37.5 Å². The fraction of sp³-hybridized carbons (Fsp3) is 0.125. The third-order valence-electron chi connectivity index (χ3n) is 4.47. The highest BCUT2D eigenvalue weighted by Gasteiger charge is 2.09. The van der Waals surface area contributed by atoms with Gasteiger partial charge >= 0.3 is 0 Å². The van der Waals surface area contributed by atoms with Crippen molar-refractivity contribution in [1.82, 2.24) is 0 Å². The first kappa shape index (κ1) is 22.5. The van der Waals surface area contributed by atoms with Crippen LogP contribution >= 0.6 is 23.2 Å². The maximum atomic E-state index is 12.5. The Hall–Kier alpha value is -3.15. The van der Waals surface area contributed by atoms with Crippen molar-refractivity contribution in [2.75, 3.05) is 14.2 Å². The Kier molecular flexibility index (Phi) is 7.45. The molecule has 5 nitrogen and oxygen atoms in total. The highest BCUT2D eigenvalue weighted by Crippen LogP contribution is 2.30. The van der Waals surface area contributed by atoms with Gasteiger partial charge in [0.15, 0.2) is 17.3 Å². The molecule has 31 heavy (non-hydrogen) atoms. The second kappa shape index (κ2) is 10.2. The Bertz CT molecular complexity index is 1120. The van der Waals surface area contributed by atoms with Crippen LogP contribution in [-0.2, 0) is 6.61 Å². The quantitative estimate of drug-likeness (QED) is 0.321. The van der Waals surface area contributed by atoms with Crippen LogP contribution in [-0.4, -0.2) is 25.1 Å². The molecular weight excluding hydrogens is 439 g/mol. The number of carbonyl (C=O) groups is 1. The summed E-state index contributed by atoms with van der Waals surface area (Å²) in [5, 5.41) is 10.6. The molecule has 0 aliphatic rings. The number of benzene rings is 3. The standard InChI is InChI=1S/C24H20Cl2O5/c1-29-22-9-4-15(3-7-20(27)16-5-8-21(28)24(12-16)30-2)11-17(22)14-31-23-10-6-18(25)13-19(23)26/h3-13,28H,14H2,1-2H3/b7-3+. The summed E-state index contributed by atoms with van der Waals surface area (Å²) in [4.78, 5) is 12.5. The predicted molar refractivity (Wildman–Crippen MR) is 122 cm³/mol. The lowest BCUT2D eigenvalue weighted by Gasteiger charge is -2.12. The molecule has 0 atom stereocenters. The summed E-state index contributed by atoms with van der Waals surface area (Å²) in [5.74, 6) is 1.15. The minimum absolute atomic E-state index is 0.0244. The highest BCUT2D eigenvalue weighted by atomic mass is 35.5. The minimum Gasteiger partial charge on any atom is -0.504 e. The summed E-state index contributed by atoms with van der Waals surface area (Å²) in [5.41, 5.74) is 1.98. The van der Waals surface area contributed by atoms with Gasteiger partial charge in [-0.15, -0.1) is 0 Å². The lowest BCUT2D eigenvalue weighted by atomic mass is 10.1. The Labute approximate surface area is 190 Å². The summed E-state index contributed by atoms with van der Waals surface area (Å²) < 4.78 is 16.3. The van der Waals surface area contributed by atoms with Crippen LogP contribution in [0.4, 0.5) is 0 Å². The fourth-order valence-electron chi connectivity index (χ4n) is 2.86. The zero-order valence-corrected chi connectivity index (χ0v) is 18.4. The molecule has 0 amide bonds. The molecule has 0 aliphatic heterocycles. The van der Waals surface area contributed by atoms with Gasteiger partial charge in [-0.25, -0.2) is 0 Å². The van der Waals surface area contributed by atoms with Crippen molar-refractivity contribution >= 4 is 35.1 Å². The summed E-state index contributed by atoms with van der Waals surface area (Å²) >= 11 is 12.1. The molecule has 0 aliphatic carbocycles. The Morgan fingerprint density at radius 3 is 2.39 bits per heavy atom. The van der Waals surface area contributed by atoms with Crippen molar-refractivity contribution in [2.45, 2.75) is 6.61 Å². The SMILES string of the molecule is COc1cc(C(=O)/C=C/c2ccc(OC)c(COc3ccc(Cl)cc3Cl)c2)ccc1O. The first-order valence-corrected chi connectivity index (χ1v) is 10.0. The van der Waals surface area contributed by atoms with Crippen LogP contribution in [0.3, 0.4) is 0 Å². The number of rotatable bonds is 8. The molecule has 1 N–H and O–H groups in total. The van der Waals surface area contributed by atoms with E-state index in [2.05, 4.69) is 0 Å². The molecule has 0 aromatic heterocycles. The minimum atomic E-state index is -0.222. The zero-order valence-electron chi connectivity index (χ0n) is 16.9. The van der Waals surface area contributed by atoms with Crippen LogP contribution in [0.2, 0.25) is 10.0 Å². The average molecular weight is 459 g/mol. The highest BCUT2D eigenvalue weighted by molar-refractivity contribution is 6.35. The summed E-state index contributed by atoms with van der Waals surface area (Å²) in [6.07, 6.45) is 3.15. The fourth-order valence-corrected chi connectivity index (χ4v) is 3.32. The molecule has 3 aromatic rings. The van der Waals surface area contributed by atoms with Crippen molar-refractivity contribution in [1.29, 1.82) is 0 Å². The van der Waals surface area contributed by atoms with Gasteiger partial charge in [0.1, 0.15) is 18.1 Å². The van der Waals surface area contributed by atoms with Crippen LogP contribution < -0.4 is 14.2 Å². The molecule has 0 bridgehead atoms. The van der Waals surface area contributed by atoms with Gasteiger partial charge < -0.3 is 19.3 Å². The van der Waals surface area contributed by atoms with Crippen molar-refractivity contribution < 1.29 is 24.1 Å². The van der Waals surface area contributed by atoms with Gasteiger partial charge in [-0.05, 0) is 60.2 Å². The number of carbonyl (C=O) groups excluding carboxylic acids is 1. The first-order chi connectivity index (χ1) is 14.9. The number of hydrogen-bond acceptors (Lipinski definition) is 5. The van der Waals surface area contributed by atoms with E-state index in [0.29, 0.717) is 27.1 Å². The average Bonchev–Trinajstić information content (AvgIpc) is 2.77. The van der Waals surface area contributed by atoms with E-state index in [9.17, 15) is 9.90 Å². The molecule has 7 heteroatoms. The van der Waals surface area contributed by atoms with Gasteiger partial charge in [-0.1, -0.05) is 35.3 Å². The second-order valence-electron chi connectivity index (χ2n) is 6.52. The molecule has 3 aromatic carbocycles. The molecule has 0 heterocycles. The maximum Gasteiger partial charge on any atom is 0.185 e. The molecule has 0 unspecified atom stereocenters. The smallest absolute Gasteiger partial charge is 0.185 e. The van der Waals surface area contributed by atoms with E-state index < -0.39 is 0 Å². The van der Waals surface area contributed by atoms with Crippen LogP contribution in [0.15, 0.2) is 60.7 Å². The molecule has 0 fully saturated rings. The number of phenolic OH excluding ortho intramolecular Hbond substituents is 1. The summed E-state index contributed by atoms with van der Waals surface area (Å²) in [7, 11) is 3.00. The number of ether oxygens (including phenoxy) is 3. The summed E-state index contributed by atoms with van der Waals surface area (Å²) in [6, 6.07) is 15.0. The van der Waals surface area contributed by atoms with Gasteiger partial charge in [0.25, 0.3) is 0 Å². The van der Waals surface area contributed by atoms with Crippen molar-refractivity contribution in [3.63, 3.8) is 0 Å². The number of hydrogen-bond donors (Lipinski definition) is 1. The van der Waals surface area contributed by atoms with Gasteiger partial charge in [-0.2, -0.15) is 0 Å². The Morgan fingerprint density at radius 2 is 1.68 bits per heavy atom. The van der Waals surface area contributed by atoms with Crippen molar-refractivity contribution in [2.24, 2.45) is 0 Å². The topological polar surface area (TPSA) is 65.0 Å². The Balaban J connectivity index is 1.77. The molecular formula is C24H20Cl2O5. The number of aromatic hydroxyl groups is 1. The lowest BCUT2D eigenvalue weighted by molar-refractivity contribution is 0.104. The monoisotopic (exact) mass is 458 g/mol. The van der Waals surface area contributed by atoms with Gasteiger partial charge in [-0.3, -0.25) is 4.79 Å². The van der Waals surface area contributed by atoms with Gasteiger partial charge in [0.05, 0.1) is 19.2 Å². The third-order valence-corrected chi connectivity index (χ3v) is 5.00. The predicted octanol–water partition coefficient (Wildman–Crippen LogP) is 6.19. The molecule has 160 valence electrons. The van der Waals surface area contributed by atoms with E-state index in [1.807, 2.05) is 12.1 Å². The number of methoxy groups -OCH3 is 2. The maximum absolute atomic E-state index is 12.5. The summed E-state index contributed by atoms with van der Waals surface area (Å²) in [6.45, 7) is 0.218. The van der Waals surface area contributed by atoms with E-state index in [0.717, 1.165) is 11.1 Å². The van der Waals surface area contributed by atoms with Crippen molar-refractivity contribution in [3.05, 3.63) is 87.4 Å². The molecule has 0 saturated carbocycles. The van der Waals surface area contributed by atoms with Crippen LogP contribution in [0.5, 0.6) is 23.0 Å². The molecule has 0 saturated heterocycles. The second-order valence-corrected chi connectivity index (χ2v) is 7.36. The van der Waals surface area contributed by atoms with E-state index >= 15 is 0 Å².